The lowest BCUT2D eigenvalue weighted by Gasteiger charge is -2.24. The molecular weight excluding hydrogens is 353 g/mol. The van der Waals surface area contributed by atoms with Crippen molar-refractivity contribution in [1.29, 1.82) is 0 Å². The van der Waals surface area contributed by atoms with Gasteiger partial charge in [0.1, 0.15) is 6.04 Å². The van der Waals surface area contributed by atoms with Crippen LogP contribution in [0.3, 0.4) is 0 Å². The molecule has 0 fully saturated rings. The van der Waals surface area contributed by atoms with Crippen LogP contribution in [0.4, 0.5) is 0 Å². The molecule has 0 spiro atoms. The first kappa shape index (κ1) is 25.2. The van der Waals surface area contributed by atoms with Crippen molar-refractivity contribution in [1.82, 2.24) is 16.0 Å². The molecule has 11 heteroatoms. The number of aliphatic imine (C=N–C) groups is 1. The van der Waals surface area contributed by atoms with Gasteiger partial charge in [-0.3, -0.25) is 14.6 Å². The highest BCUT2D eigenvalue weighted by Crippen LogP contribution is 2.07. The SMILES string of the molecule is CN=C(N)NCCC[C@H](NC(=O)CCOC)C(=O)N[C@@H](CC(C)C)B(O)O. The van der Waals surface area contributed by atoms with Gasteiger partial charge in [0.2, 0.25) is 11.8 Å². The predicted octanol–water partition coefficient (Wildman–Crippen LogP) is -1.64. The van der Waals surface area contributed by atoms with E-state index < -0.39 is 25.0 Å². The summed E-state index contributed by atoms with van der Waals surface area (Å²) in [6.07, 6.45) is 1.44. The standard InChI is InChI=1S/C16H34BN5O5/c1-11(2)10-13(17(25)26)22-15(24)12(21-14(23)7-9-27-4)6-5-8-20-16(18)19-3/h11-13,25-26H,5-10H2,1-4H3,(H,21,23)(H,22,24)(H3,18,19,20)/t12-,13-/m0/s1. The van der Waals surface area contributed by atoms with Crippen molar-refractivity contribution in [2.45, 2.75) is 51.5 Å². The third-order valence-corrected chi connectivity index (χ3v) is 3.81. The van der Waals surface area contributed by atoms with Crippen molar-refractivity contribution < 1.29 is 24.4 Å². The Morgan fingerprint density at radius 1 is 1.26 bits per heavy atom. The molecule has 156 valence electrons. The Morgan fingerprint density at radius 3 is 2.44 bits per heavy atom. The minimum Gasteiger partial charge on any atom is -0.426 e. The highest BCUT2D eigenvalue weighted by atomic mass is 16.5. The van der Waals surface area contributed by atoms with Gasteiger partial charge >= 0.3 is 7.12 Å². The molecule has 0 heterocycles. The number of rotatable bonds is 13. The Balaban J connectivity index is 4.85. The van der Waals surface area contributed by atoms with Crippen LogP contribution in [0.1, 0.15) is 39.5 Å². The van der Waals surface area contributed by atoms with E-state index in [0.29, 0.717) is 31.8 Å². The van der Waals surface area contributed by atoms with Gasteiger partial charge in [0.05, 0.1) is 12.5 Å². The molecule has 27 heavy (non-hydrogen) atoms. The molecule has 7 N–H and O–H groups in total. The second kappa shape index (κ2) is 14.2. The van der Waals surface area contributed by atoms with Crippen molar-refractivity contribution in [2.24, 2.45) is 16.6 Å². The number of guanidine groups is 1. The molecule has 0 aromatic carbocycles. The number of nitrogens with two attached hydrogens (primary N) is 1. The molecule has 0 bridgehead atoms. The zero-order valence-corrected chi connectivity index (χ0v) is 16.7. The third kappa shape index (κ3) is 12.2. The molecule has 0 unspecified atom stereocenters. The number of methoxy groups -OCH3 is 1. The van der Waals surface area contributed by atoms with Gasteiger partial charge in [0.25, 0.3) is 0 Å². The van der Waals surface area contributed by atoms with E-state index in [2.05, 4.69) is 20.9 Å². The van der Waals surface area contributed by atoms with E-state index in [0.717, 1.165) is 0 Å². The summed E-state index contributed by atoms with van der Waals surface area (Å²) in [6.45, 7) is 4.56. The molecule has 2 amide bonds. The Labute approximate surface area is 161 Å². The van der Waals surface area contributed by atoms with E-state index in [1.807, 2.05) is 13.8 Å². The van der Waals surface area contributed by atoms with E-state index in [1.54, 1.807) is 7.05 Å². The molecule has 10 nitrogen and oxygen atoms in total. The van der Waals surface area contributed by atoms with E-state index in [4.69, 9.17) is 10.5 Å². The van der Waals surface area contributed by atoms with Gasteiger partial charge in [0.15, 0.2) is 5.96 Å². The van der Waals surface area contributed by atoms with Gasteiger partial charge in [-0.25, -0.2) is 0 Å². The summed E-state index contributed by atoms with van der Waals surface area (Å²) in [7, 11) is 1.37. The van der Waals surface area contributed by atoms with E-state index in [9.17, 15) is 19.6 Å². The first-order valence-corrected chi connectivity index (χ1v) is 9.12. The fourth-order valence-corrected chi connectivity index (χ4v) is 2.38. The second-order valence-corrected chi connectivity index (χ2v) is 6.70. The van der Waals surface area contributed by atoms with Crippen LogP contribution >= 0.6 is 0 Å². The Hall–Kier alpha value is -1.85. The maximum atomic E-state index is 12.6. The number of nitrogens with zero attached hydrogens (tertiary/aromatic N) is 1. The van der Waals surface area contributed by atoms with Crippen LogP contribution in [-0.2, 0) is 14.3 Å². The molecule has 0 rings (SSSR count). The Bertz CT molecular complexity index is 476. The van der Waals surface area contributed by atoms with Crippen LogP contribution in [0.25, 0.3) is 0 Å². The van der Waals surface area contributed by atoms with Crippen LogP contribution in [-0.4, -0.2) is 74.2 Å². The molecular formula is C16H34BN5O5. The van der Waals surface area contributed by atoms with Gasteiger partial charge in [-0.1, -0.05) is 13.8 Å². The second-order valence-electron chi connectivity index (χ2n) is 6.70. The quantitative estimate of drug-likeness (QED) is 0.0958. The van der Waals surface area contributed by atoms with Gasteiger partial charge in [-0.05, 0) is 25.2 Å². The van der Waals surface area contributed by atoms with Gasteiger partial charge in [-0.2, -0.15) is 0 Å². The highest BCUT2D eigenvalue weighted by Gasteiger charge is 2.29. The van der Waals surface area contributed by atoms with Crippen molar-refractivity contribution >= 4 is 24.9 Å². The Morgan fingerprint density at radius 2 is 1.93 bits per heavy atom. The molecule has 0 radical (unpaired) electrons. The highest BCUT2D eigenvalue weighted by molar-refractivity contribution is 6.43. The van der Waals surface area contributed by atoms with Crippen LogP contribution in [0.15, 0.2) is 4.99 Å². The predicted molar refractivity (Wildman–Crippen MR) is 105 cm³/mol. The first-order chi connectivity index (χ1) is 12.7. The summed E-state index contributed by atoms with van der Waals surface area (Å²) in [5.41, 5.74) is 5.55. The molecule has 2 atom stereocenters. The van der Waals surface area contributed by atoms with E-state index in [-0.39, 0.29) is 24.9 Å². The smallest absolute Gasteiger partial charge is 0.426 e. The molecule has 0 aromatic rings. The summed E-state index contributed by atoms with van der Waals surface area (Å²) in [5.74, 6) is -1.13. The first-order valence-electron chi connectivity index (χ1n) is 9.12. The largest absolute Gasteiger partial charge is 0.475 e. The fraction of sp³-hybridized carbons (Fsp3) is 0.812. The van der Waals surface area contributed by atoms with E-state index >= 15 is 0 Å². The average Bonchev–Trinajstić information content (AvgIpc) is 2.60. The maximum absolute atomic E-state index is 12.6. The summed E-state index contributed by atoms with van der Waals surface area (Å²) in [4.78, 5) is 28.3. The molecule has 0 saturated heterocycles. The van der Waals surface area contributed by atoms with Crippen molar-refractivity contribution in [3.05, 3.63) is 0 Å². The lowest BCUT2D eigenvalue weighted by Crippen LogP contribution is -2.54. The summed E-state index contributed by atoms with van der Waals surface area (Å²) >= 11 is 0. The van der Waals surface area contributed by atoms with Crippen LogP contribution < -0.4 is 21.7 Å². The van der Waals surface area contributed by atoms with Crippen molar-refractivity contribution in [3.8, 4) is 0 Å². The van der Waals surface area contributed by atoms with Crippen LogP contribution in [0.5, 0.6) is 0 Å². The number of carbonyl (C=O) groups excluding carboxylic acids is 2. The molecule has 0 aromatic heterocycles. The number of hydrogen-bond acceptors (Lipinski definition) is 6. The fourth-order valence-electron chi connectivity index (χ4n) is 2.38. The van der Waals surface area contributed by atoms with Crippen molar-refractivity contribution in [2.75, 3.05) is 27.3 Å². The number of carbonyl (C=O) groups is 2. The topological polar surface area (TPSA) is 158 Å². The lowest BCUT2D eigenvalue weighted by molar-refractivity contribution is -0.129. The number of hydrogen-bond donors (Lipinski definition) is 6. The molecule has 0 saturated carbocycles. The molecule has 0 aliphatic carbocycles. The van der Waals surface area contributed by atoms with Crippen LogP contribution in [0, 0.1) is 5.92 Å². The number of nitrogens with one attached hydrogen (secondary N) is 3. The van der Waals surface area contributed by atoms with E-state index in [1.165, 1.54) is 7.11 Å². The van der Waals surface area contributed by atoms with Gasteiger partial charge < -0.3 is 36.5 Å². The zero-order chi connectivity index (χ0) is 20.8. The minimum atomic E-state index is -1.68. The average molecular weight is 387 g/mol. The van der Waals surface area contributed by atoms with Gasteiger partial charge in [-0.15, -0.1) is 0 Å². The summed E-state index contributed by atoms with van der Waals surface area (Å²) in [5, 5.41) is 27.2. The molecule has 0 aliphatic heterocycles. The normalized spacial score (nSPS) is 13.8. The molecule has 0 aliphatic rings. The maximum Gasteiger partial charge on any atom is 0.475 e. The number of amides is 2. The lowest BCUT2D eigenvalue weighted by atomic mass is 9.75. The summed E-state index contributed by atoms with van der Waals surface area (Å²) in [6, 6.07) is -0.802. The van der Waals surface area contributed by atoms with Crippen LogP contribution in [0.2, 0.25) is 0 Å². The Kier molecular flexibility index (Phi) is 13.3. The zero-order valence-electron chi connectivity index (χ0n) is 16.7. The van der Waals surface area contributed by atoms with Crippen molar-refractivity contribution in [3.63, 3.8) is 0 Å². The van der Waals surface area contributed by atoms with Gasteiger partial charge in [0, 0.05) is 27.1 Å². The monoisotopic (exact) mass is 387 g/mol. The number of ether oxygens (including phenoxy) is 1. The summed E-state index contributed by atoms with van der Waals surface area (Å²) < 4.78 is 4.87. The minimum absolute atomic E-state index is 0.131. The third-order valence-electron chi connectivity index (χ3n) is 3.81.